The summed E-state index contributed by atoms with van der Waals surface area (Å²) in [4.78, 5) is 15.9. The molecule has 0 aromatic carbocycles. The van der Waals surface area contributed by atoms with Gasteiger partial charge in [0.2, 0.25) is 0 Å². The topological polar surface area (TPSA) is 17.1 Å². The van der Waals surface area contributed by atoms with Crippen LogP contribution in [0.5, 0.6) is 0 Å². The van der Waals surface area contributed by atoms with Crippen molar-refractivity contribution in [3.05, 3.63) is 0 Å². The van der Waals surface area contributed by atoms with E-state index in [2.05, 4.69) is 0 Å². The molecule has 0 saturated carbocycles. The van der Waals surface area contributed by atoms with Crippen LogP contribution < -0.4 is 0 Å². The Morgan fingerprint density at radius 2 is 0.800 bits per heavy atom. The van der Waals surface area contributed by atoms with Crippen LogP contribution in [0.25, 0.3) is 0 Å². The van der Waals surface area contributed by atoms with Gasteiger partial charge in [-0.05, 0) is 0 Å². The maximum absolute atomic E-state index is 9.56. The summed E-state index contributed by atoms with van der Waals surface area (Å²) in [6.07, 6.45) is 3.28. The second-order valence-corrected chi connectivity index (χ2v) is 35.7. The third-order valence-electron chi connectivity index (χ3n) is 14.5. The first kappa shape index (κ1) is 6.02. The molecule has 10 saturated heterocycles. The predicted molar refractivity (Wildman–Crippen MR) is 57.5 cm³/mol. The summed E-state index contributed by atoms with van der Waals surface area (Å²) >= 11 is 0. The van der Waals surface area contributed by atoms with Crippen LogP contribution in [0.4, 0.5) is 0 Å². The molecule has 0 aromatic rings. The Labute approximate surface area is 82.1 Å². The van der Waals surface area contributed by atoms with Gasteiger partial charge in [0, 0.05) is 23.3 Å². The molecule has 84 valence electrons. The van der Waals surface area contributed by atoms with E-state index < -0.39 is 17.3 Å². The van der Waals surface area contributed by atoms with Crippen molar-refractivity contribution >= 4 is 10.8 Å². The van der Waals surface area contributed by atoms with Crippen LogP contribution in [0.1, 0.15) is 0 Å². The molecule has 10 aliphatic rings. The van der Waals surface area contributed by atoms with Crippen LogP contribution >= 0.6 is 0 Å². The van der Waals surface area contributed by atoms with E-state index in [1.165, 1.54) is 0 Å². The van der Waals surface area contributed by atoms with E-state index >= 15 is 0 Å². The zero-order chi connectivity index (χ0) is 9.67. The van der Waals surface area contributed by atoms with Gasteiger partial charge in [-0.3, -0.25) is 4.21 Å². The second-order valence-electron chi connectivity index (χ2n) is 10.3. The van der Waals surface area contributed by atoms with Crippen LogP contribution in [-0.4, -0.2) is 16.7 Å². The number of fused-ring (bicyclic) bond motifs is 10. The molecule has 0 N–H and O–H groups in total. The average molecular weight is 264 g/mol. The van der Waals surface area contributed by atoms with Crippen molar-refractivity contribution in [1.82, 2.24) is 0 Å². The van der Waals surface area contributed by atoms with Gasteiger partial charge >= 0.3 is 54.7 Å². The SMILES string of the molecule is CS(C)=O.[CH]12[CH]3[CH]4[CH]5[CH]1[Fe]23451678[CH]2[CH]1[CH]6[CH]7[CH]28. The fraction of sp³-hybridized carbons (Fsp3) is 1.00. The molecule has 0 unspecified atom stereocenters. The van der Waals surface area contributed by atoms with E-state index in [1.807, 2.05) is 0 Å². The van der Waals surface area contributed by atoms with E-state index in [0.717, 1.165) is 0 Å². The maximum atomic E-state index is 9.56. The van der Waals surface area contributed by atoms with Crippen molar-refractivity contribution in [3.63, 3.8) is 0 Å². The van der Waals surface area contributed by atoms with Gasteiger partial charge in [-0.25, -0.2) is 0 Å². The average Bonchev–Trinajstić information content (AvgIpc) is 3.13. The summed E-state index contributed by atoms with van der Waals surface area (Å²) in [6, 6.07) is 0. The molecule has 1 nitrogen and oxygen atoms in total. The minimum absolute atomic E-state index is 0.611. The second kappa shape index (κ2) is 0.443. The van der Waals surface area contributed by atoms with Gasteiger partial charge < -0.3 is 0 Å². The summed E-state index contributed by atoms with van der Waals surface area (Å²) < 4.78 is 9.56. The Balaban J connectivity index is 0.000000121. The first-order chi connectivity index (χ1) is 6.89. The summed E-state index contributed by atoms with van der Waals surface area (Å²) in [6.45, 7) is -2.28. The first-order valence-corrected chi connectivity index (χ1v) is 14.7. The molecule has 0 aromatic heterocycles. The van der Waals surface area contributed by atoms with Crippen LogP contribution in [0, 0.1) is 0 Å². The van der Waals surface area contributed by atoms with Gasteiger partial charge in [-0.15, -0.1) is 0 Å². The van der Waals surface area contributed by atoms with E-state index in [9.17, 15) is 4.21 Å². The van der Waals surface area contributed by atoms with Crippen LogP contribution in [0.2, 0.25) is 48.2 Å². The van der Waals surface area contributed by atoms with Gasteiger partial charge in [0.1, 0.15) is 0 Å². The molecular weight excluding hydrogens is 248 g/mol. The number of hydrogen-bond donors (Lipinski definition) is 0. The van der Waals surface area contributed by atoms with Crippen molar-refractivity contribution in [1.29, 1.82) is 0 Å². The molecule has 10 rings (SSSR count). The van der Waals surface area contributed by atoms with E-state index in [-0.39, 0.29) is 0 Å². The van der Waals surface area contributed by atoms with Crippen LogP contribution in [-0.2, 0) is 17.3 Å². The summed E-state index contributed by atoms with van der Waals surface area (Å²) in [5.74, 6) is 0. The molecule has 15 heavy (non-hydrogen) atoms. The molecule has 3 heteroatoms. The quantitative estimate of drug-likeness (QED) is 0.613. The van der Waals surface area contributed by atoms with Crippen molar-refractivity contribution in [2.75, 3.05) is 12.5 Å². The Morgan fingerprint density at radius 1 is 0.667 bits per heavy atom. The Morgan fingerprint density at radius 3 is 0.800 bits per heavy atom. The van der Waals surface area contributed by atoms with Crippen LogP contribution in [0.3, 0.4) is 0 Å². The molecule has 10 aliphatic heterocycles. The standard InChI is InChI=1S/2C5H5.C2H6OS.Fe/c2*1-2-4-5-3-1;1-4(2)3;/h2*1-5H;1-2H3;. The molecule has 0 amide bonds. The summed E-state index contributed by atoms with van der Waals surface area (Å²) in [5.41, 5.74) is 0. The fourth-order valence-corrected chi connectivity index (χ4v) is 88.0. The summed E-state index contributed by atoms with van der Waals surface area (Å²) in [7, 11) is -0.611. The van der Waals surface area contributed by atoms with E-state index in [0.29, 0.717) is 0 Å². The Hall–Kier alpha value is 0.669. The molecule has 1 spiro atoms. The van der Waals surface area contributed by atoms with Crippen molar-refractivity contribution in [2.24, 2.45) is 0 Å². The van der Waals surface area contributed by atoms with Crippen LogP contribution in [0.15, 0.2) is 0 Å². The van der Waals surface area contributed by atoms with Gasteiger partial charge in [0.05, 0.1) is 0 Å². The zero-order valence-electron chi connectivity index (χ0n) is 8.94. The molecule has 0 atom stereocenters. The zero-order valence-corrected chi connectivity index (χ0v) is 10.9. The van der Waals surface area contributed by atoms with Gasteiger partial charge in [-0.1, -0.05) is 0 Å². The van der Waals surface area contributed by atoms with E-state index in [1.54, 1.807) is 60.7 Å². The summed E-state index contributed by atoms with van der Waals surface area (Å²) in [5, 5.41) is 0. The predicted octanol–water partition coefficient (Wildman–Crippen LogP) is 3.37. The fourth-order valence-electron chi connectivity index (χ4n) is 15.8. The third-order valence-corrected chi connectivity index (χ3v) is 56.5. The number of hydrogen-bond acceptors (Lipinski definition) is 1. The molecule has 0 radical (unpaired) electrons. The van der Waals surface area contributed by atoms with Crippen molar-refractivity contribution < 1.29 is 10.7 Å². The van der Waals surface area contributed by atoms with E-state index in [4.69, 9.17) is 0 Å². The Kier molecular flexibility index (Phi) is 0.178. The number of rotatable bonds is 0. The molecule has 10 fully saturated rings. The third kappa shape index (κ3) is 0.0585. The Bertz CT molecular complexity index is 668. The minimum atomic E-state index is -2.28. The molecule has 10 heterocycles. The van der Waals surface area contributed by atoms with Gasteiger partial charge in [0.25, 0.3) is 0 Å². The van der Waals surface area contributed by atoms with Crippen molar-refractivity contribution in [3.8, 4) is 0 Å². The van der Waals surface area contributed by atoms with Crippen molar-refractivity contribution in [2.45, 2.75) is 48.2 Å². The van der Waals surface area contributed by atoms with Gasteiger partial charge in [0.15, 0.2) is 0 Å². The normalized spacial score (nSPS) is 128. The molecule has 0 bridgehead atoms. The monoisotopic (exact) mass is 264 g/mol. The molecule has 0 aliphatic carbocycles. The first-order valence-electron chi connectivity index (χ1n) is 6.36. The molecular formula is C12H16FeOS. The van der Waals surface area contributed by atoms with Gasteiger partial charge in [-0.2, -0.15) is 0 Å².